The van der Waals surface area contributed by atoms with Crippen LogP contribution < -0.4 is 9.47 Å². The van der Waals surface area contributed by atoms with E-state index < -0.39 is 5.82 Å². The number of nitriles is 1. The molecule has 0 fully saturated rings. The third kappa shape index (κ3) is 3.23. The van der Waals surface area contributed by atoms with Crippen molar-refractivity contribution in [3.63, 3.8) is 0 Å². The molecule has 0 bridgehead atoms. The lowest BCUT2D eigenvalue weighted by Crippen LogP contribution is -1.97. The summed E-state index contributed by atoms with van der Waals surface area (Å²) in [5.74, 6) is 0.553. The first kappa shape index (κ1) is 12.9. The largest absolute Gasteiger partial charge is 0.497 e. The van der Waals surface area contributed by atoms with Crippen LogP contribution in [-0.2, 0) is 6.61 Å². The van der Waals surface area contributed by atoms with Crippen LogP contribution in [0.15, 0.2) is 42.5 Å². The Labute approximate surface area is 110 Å². The molecule has 0 aliphatic heterocycles. The van der Waals surface area contributed by atoms with Gasteiger partial charge in [0.15, 0.2) is 0 Å². The highest BCUT2D eigenvalue weighted by Gasteiger charge is 2.04. The van der Waals surface area contributed by atoms with E-state index in [0.717, 1.165) is 11.3 Å². The van der Waals surface area contributed by atoms with Gasteiger partial charge in [-0.3, -0.25) is 0 Å². The Kier molecular flexibility index (Phi) is 3.99. The van der Waals surface area contributed by atoms with Gasteiger partial charge in [0.2, 0.25) is 0 Å². The van der Waals surface area contributed by atoms with E-state index in [2.05, 4.69) is 0 Å². The topological polar surface area (TPSA) is 42.2 Å². The maximum absolute atomic E-state index is 13.4. The normalized spacial score (nSPS) is 9.74. The van der Waals surface area contributed by atoms with Crippen molar-refractivity contribution in [2.75, 3.05) is 7.11 Å². The average Bonchev–Trinajstić information content (AvgIpc) is 2.45. The quantitative estimate of drug-likeness (QED) is 0.844. The van der Waals surface area contributed by atoms with Gasteiger partial charge < -0.3 is 9.47 Å². The summed E-state index contributed by atoms with van der Waals surface area (Å²) in [7, 11) is 1.59. The second kappa shape index (κ2) is 5.87. The molecule has 2 aromatic carbocycles. The van der Waals surface area contributed by atoms with Crippen molar-refractivity contribution < 1.29 is 13.9 Å². The van der Waals surface area contributed by atoms with Crippen LogP contribution in [0.4, 0.5) is 4.39 Å². The third-order valence-electron chi connectivity index (χ3n) is 2.60. The summed E-state index contributed by atoms with van der Waals surface area (Å²) in [4.78, 5) is 0. The summed E-state index contributed by atoms with van der Waals surface area (Å²) in [6, 6.07) is 13.4. The lowest BCUT2D eigenvalue weighted by Gasteiger charge is -2.08. The minimum atomic E-state index is -0.578. The predicted octanol–water partition coefficient (Wildman–Crippen LogP) is 3.28. The van der Waals surface area contributed by atoms with E-state index >= 15 is 0 Å². The SMILES string of the molecule is COc1cccc(COc2ccc(C#N)c(F)c2)c1. The molecule has 0 saturated carbocycles. The molecule has 0 aromatic heterocycles. The van der Waals surface area contributed by atoms with Gasteiger partial charge in [-0.1, -0.05) is 12.1 Å². The van der Waals surface area contributed by atoms with Gasteiger partial charge in [-0.25, -0.2) is 4.39 Å². The van der Waals surface area contributed by atoms with Gasteiger partial charge in [0.1, 0.15) is 30.0 Å². The van der Waals surface area contributed by atoms with Crippen LogP contribution in [0.3, 0.4) is 0 Å². The Morgan fingerprint density at radius 1 is 1.16 bits per heavy atom. The van der Waals surface area contributed by atoms with Crippen LogP contribution in [0, 0.1) is 17.1 Å². The number of hydrogen-bond donors (Lipinski definition) is 0. The van der Waals surface area contributed by atoms with Gasteiger partial charge in [0, 0.05) is 6.07 Å². The molecule has 2 aromatic rings. The molecule has 2 rings (SSSR count). The maximum Gasteiger partial charge on any atom is 0.144 e. The Morgan fingerprint density at radius 3 is 2.68 bits per heavy atom. The highest BCUT2D eigenvalue weighted by atomic mass is 19.1. The van der Waals surface area contributed by atoms with E-state index in [1.165, 1.54) is 12.1 Å². The fraction of sp³-hybridized carbons (Fsp3) is 0.133. The van der Waals surface area contributed by atoms with Crippen LogP contribution in [0.2, 0.25) is 0 Å². The molecule has 4 heteroatoms. The Hall–Kier alpha value is -2.54. The molecule has 0 heterocycles. The second-order valence-electron chi connectivity index (χ2n) is 3.89. The van der Waals surface area contributed by atoms with E-state index in [1.807, 2.05) is 24.3 Å². The van der Waals surface area contributed by atoms with E-state index in [9.17, 15) is 4.39 Å². The minimum absolute atomic E-state index is 0.00808. The Morgan fingerprint density at radius 2 is 2.00 bits per heavy atom. The average molecular weight is 257 g/mol. The third-order valence-corrected chi connectivity index (χ3v) is 2.60. The number of methoxy groups -OCH3 is 1. The molecule has 0 atom stereocenters. The number of hydrogen-bond acceptors (Lipinski definition) is 3. The molecule has 0 aliphatic carbocycles. The zero-order valence-electron chi connectivity index (χ0n) is 10.4. The molecule has 19 heavy (non-hydrogen) atoms. The molecule has 0 N–H and O–H groups in total. The number of halogens is 1. The highest BCUT2D eigenvalue weighted by Crippen LogP contribution is 2.19. The molecular formula is C15H12FNO2. The predicted molar refractivity (Wildman–Crippen MR) is 68.4 cm³/mol. The van der Waals surface area contributed by atoms with Gasteiger partial charge in [-0.15, -0.1) is 0 Å². The van der Waals surface area contributed by atoms with Crippen molar-refractivity contribution in [1.82, 2.24) is 0 Å². The van der Waals surface area contributed by atoms with Crippen molar-refractivity contribution >= 4 is 0 Å². The van der Waals surface area contributed by atoms with E-state index in [4.69, 9.17) is 14.7 Å². The Balaban J connectivity index is 2.06. The number of nitrogens with zero attached hydrogens (tertiary/aromatic N) is 1. The van der Waals surface area contributed by atoms with Crippen molar-refractivity contribution in [1.29, 1.82) is 5.26 Å². The van der Waals surface area contributed by atoms with E-state index in [1.54, 1.807) is 19.2 Å². The van der Waals surface area contributed by atoms with Gasteiger partial charge in [0.05, 0.1) is 12.7 Å². The first-order valence-corrected chi connectivity index (χ1v) is 5.68. The van der Waals surface area contributed by atoms with E-state index in [0.29, 0.717) is 12.4 Å². The van der Waals surface area contributed by atoms with Gasteiger partial charge in [-0.2, -0.15) is 5.26 Å². The van der Waals surface area contributed by atoms with Crippen molar-refractivity contribution in [2.45, 2.75) is 6.61 Å². The molecule has 0 amide bonds. The summed E-state index contributed by atoms with van der Waals surface area (Å²) in [6.45, 7) is 0.308. The van der Waals surface area contributed by atoms with Crippen LogP contribution in [0.1, 0.15) is 11.1 Å². The molecule has 3 nitrogen and oxygen atoms in total. The number of ether oxygens (including phenoxy) is 2. The van der Waals surface area contributed by atoms with Crippen molar-refractivity contribution in [2.24, 2.45) is 0 Å². The van der Waals surface area contributed by atoms with Gasteiger partial charge in [0.25, 0.3) is 0 Å². The van der Waals surface area contributed by atoms with Crippen LogP contribution in [0.25, 0.3) is 0 Å². The fourth-order valence-electron chi connectivity index (χ4n) is 1.61. The molecule has 0 radical (unpaired) electrons. The first-order chi connectivity index (χ1) is 9.22. The molecular weight excluding hydrogens is 245 g/mol. The lowest BCUT2D eigenvalue weighted by molar-refractivity contribution is 0.303. The molecule has 0 saturated heterocycles. The minimum Gasteiger partial charge on any atom is -0.497 e. The molecule has 0 aliphatic rings. The lowest BCUT2D eigenvalue weighted by atomic mass is 10.2. The summed E-state index contributed by atoms with van der Waals surface area (Å²) in [6.07, 6.45) is 0. The van der Waals surface area contributed by atoms with Crippen LogP contribution >= 0.6 is 0 Å². The first-order valence-electron chi connectivity index (χ1n) is 5.68. The van der Waals surface area contributed by atoms with E-state index in [-0.39, 0.29) is 5.56 Å². The standard InChI is InChI=1S/C15H12FNO2/c1-18-13-4-2-3-11(7-13)10-19-14-6-5-12(9-17)15(16)8-14/h2-8H,10H2,1H3. The molecule has 0 spiro atoms. The zero-order chi connectivity index (χ0) is 13.7. The fourth-order valence-corrected chi connectivity index (χ4v) is 1.61. The van der Waals surface area contributed by atoms with Crippen LogP contribution in [0.5, 0.6) is 11.5 Å². The summed E-state index contributed by atoms with van der Waals surface area (Å²) in [5.41, 5.74) is 0.929. The highest BCUT2D eigenvalue weighted by molar-refractivity contribution is 5.36. The number of benzene rings is 2. The van der Waals surface area contributed by atoms with Gasteiger partial charge in [-0.05, 0) is 29.8 Å². The smallest absolute Gasteiger partial charge is 0.144 e. The van der Waals surface area contributed by atoms with Gasteiger partial charge >= 0.3 is 0 Å². The maximum atomic E-state index is 13.4. The molecule has 0 unspecified atom stereocenters. The van der Waals surface area contributed by atoms with Crippen molar-refractivity contribution in [3.8, 4) is 17.6 Å². The van der Waals surface area contributed by atoms with Crippen molar-refractivity contribution in [3.05, 3.63) is 59.4 Å². The summed E-state index contributed by atoms with van der Waals surface area (Å²) >= 11 is 0. The van der Waals surface area contributed by atoms with Crippen LogP contribution in [-0.4, -0.2) is 7.11 Å². The second-order valence-corrected chi connectivity index (χ2v) is 3.89. The summed E-state index contributed by atoms with van der Waals surface area (Å²) in [5, 5.41) is 8.63. The summed E-state index contributed by atoms with van der Waals surface area (Å²) < 4.78 is 23.9. The number of rotatable bonds is 4. The monoisotopic (exact) mass is 257 g/mol. The zero-order valence-corrected chi connectivity index (χ0v) is 10.4. The Bertz CT molecular complexity index is 620. The molecule has 96 valence electrons.